The summed E-state index contributed by atoms with van der Waals surface area (Å²) in [5.41, 5.74) is 0.472. The third-order valence-electron chi connectivity index (χ3n) is 4.69. The highest BCUT2D eigenvalue weighted by atomic mass is 32.2. The second kappa shape index (κ2) is 9.31. The van der Waals surface area contributed by atoms with Gasteiger partial charge in [-0.3, -0.25) is 13.7 Å². The topological polar surface area (TPSA) is 162 Å². The Morgan fingerprint density at radius 1 is 1.47 bits per heavy atom. The van der Waals surface area contributed by atoms with Crippen molar-refractivity contribution in [2.45, 2.75) is 38.5 Å². The molecule has 0 radical (unpaired) electrons. The molecule has 1 aliphatic rings. The van der Waals surface area contributed by atoms with E-state index in [9.17, 15) is 18.3 Å². The van der Waals surface area contributed by atoms with Gasteiger partial charge in [0.15, 0.2) is 0 Å². The van der Waals surface area contributed by atoms with E-state index in [0.717, 1.165) is 0 Å². The number of hydrogen-bond donors (Lipinski definition) is 3. The minimum absolute atomic E-state index is 0.216. The molecule has 2 aromatic heterocycles. The first-order valence-corrected chi connectivity index (χ1v) is 10.6. The Morgan fingerprint density at radius 2 is 2.27 bits per heavy atom. The van der Waals surface area contributed by atoms with Crippen molar-refractivity contribution in [3.05, 3.63) is 36.0 Å². The maximum atomic E-state index is 12.9. The van der Waals surface area contributed by atoms with Crippen molar-refractivity contribution in [1.82, 2.24) is 19.7 Å². The van der Waals surface area contributed by atoms with Crippen LogP contribution in [0.15, 0.2) is 24.8 Å². The van der Waals surface area contributed by atoms with E-state index in [-0.39, 0.29) is 29.7 Å². The predicted octanol–water partition coefficient (Wildman–Crippen LogP) is -0.301. The molecule has 160 valence electrons. The number of aliphatic hydroxyl groups is 1. The first kappa shape index (κ1) is 21.8. The number of carbonyl (C=O) groups excluding carboxylic acids is 1. The van der Waals surface area contributed by atoms with Gasteiger partial charge in [0.1, 0.15) is 24.4 Å². The highest BCUT2D eigenvalue weighted by Gasteiger charge is 2.34. The zero-order chi connectivity index (χ0) is 21.7. The number of nitrogens with one attached hydrogen (secondary N) is 1. The number of hydrogen-bond acceptors (Lipinski definition) is 9. The molecule has 0 aliphatic heterocycles. The van der Waals surface area contributed by atoms with E-state index in [1.807, 2.05) is 0 Å². The molecule has 0 amide bonds. The minimum Gasteiger partial charge on any atom is -0.393 e. The van der Waals surface area contributed by atoms with E-state index in [4.69, 9.17) is 5.14 Å². The third kappa shape index (κ3) is 5.61. The number of ketones is 1. The van der Waals surface area contributed by atoms with Crippen LogP contribution in [0, 0.1) is 17.8 Å². The molecule has 11 nitrogen and oxygen atoms in total. The Labute approximate surface area is 173 Å². The Hall–Kier alpha value is -2.85. The summed E-state index contributed by atoms with van der Waals surface area (Å²) in [7, 11) is -4.08. The van der Waals surface area contributed by atoms with Gasteiger partial charge in [0.25, 0.3) is 0 Å². The normalized spacial score (nSPS) is 21.1. The van der Waals surface area contributed by atoms with Crippen molar-refractivity contribution in [2.75, 3.05) is 11.9 Å². The summed E-state index contributed by atoms with van der Waals surface area (Å²) in [6.45, 7) is 1.88. The molecule has 0 unspecified atom stereocenters. The molecule has 1 saturated carbocycles. The Kier molecular flexibility index (Phi) is 6.78. The van der Waals surface area contributed by atoms with E-state index in [0.29, 0.717) is 25.2 Å². The fraction of sp³-hybridized carbons (Fsp3) is 0.444. The van der Waals surface area contributed by atoms with E-state index >= 15 is 0 Å². The third-order valence-corrected chi connectivity index (χ3v) is 5.16. The van der Waals surface area contributed by atoms with Gasteiger partial charge in [0.2, 0.25) is 5.78 Å². The Balaban J connectivity index is 1.70. The molecule has 12 heteroatoms. The van der Waals surface area contributed by atoms with Gasteiger partial charge in [-0.25, -0.2) is 15.1 Å². The van der Waals surface area contributed by atoms with E-state index < -0.39 is 22.3 Å². The second-order valence-electron chi connectivity index (χ2n) is 6.86. The number of anilines is 1. The zero-order valence-corrected chi connectivity index (χ0v) is 17.0. The first-order chi connectivity index (χ1) is 14.3. The quantitative estimate of drug-likeness (QED) is 0.374. The van der Waals surface area contributed by atoms with Gasteiger partial charge in [-0.05, 0) is 25.8 Å². The number of nitrogens with zero attached hydrogens (tertiary/aromatic N) is 4. The maximum absolute atomic E-state index is 12.9. The molecule has 0 spiro atoms. The van der Waals surface area contributed by atoms with Crippen molar-refractivity contribution >= 4 is 21.9 Å². The van der Waals surface area contributed by atoms with Gasteiger partial charge in [-0.1, -0.05) is 5.92 Å². The number of aliphatic hydroxyl groups excluding tert-OH is 1. The van der Waals surface area contributed by atoms with Gasteiger partial charge < -0.3 is 10.4 Å². The zero-order valence-electron chi connectivity index (χ0n) is 16.2. The molecule has 2 aromatic rings. The van der Waals surface area contributed by atoms with Crippen LogP contribution < -0.4 is 10.5 Å². The molecule has 4 N–H and O–H groups in total. The summed E-state index contributed by atoms with van der Waals surface area (Å²) in [6.07, 6.45) is 4.34. The fourth-order valence-electron chi connectivity index (χ4n) is 3.25. The molecule has 1 fully saturated rings. The molecule has 0 bridgehead atoms. The molecule has 2 heterocycles. The molecule has 0 saturated heterocycles. The second-order valence-corrected chi connectivity index (χ2v) is 8.08. The van der Waals surface area contributed by atoms with Crippen LogP contribution in [0.2, 0.25) is 0 Å². The van der Waals surface area contributed by atoms with Crippen LogP contribution >= 0.6 is 0 Å². The SMILES string of the molecule is CC#CCn1ccc(C(=O)c2cncnc2N[C@@H]2C[C@H](COS(N)(=O)=O)[C@@H](O)C2)n1. The van der Waals surface area contributed by atoms with Gasteiger partial charge >= 0.3 is 10.3 Å². The van der Waals surface area contributed by atoms with Gasteiger partial charge in [-0.15, -0.1) is 5.92 Å². The highest BCUT2D eigenvalue weighted by Crippen LogP contribution is 2.29. The van der Waals surface area contributed by atoms with Crippen LogP contribution in [0.4, 0.5) is 5.82 Å². The smallest absolute Gasteiger partial charge is 0.333 e. The average Bonchev–Trinajstić information content (AvgIpc) is 3.30. The Morgan fingerprint density at radius 3 is 3.00 bits per heavy atom. The molecule has 30 heavy (non-hydrogen) atoms. The molecule has 0 aromatic carbocycles. The lowest BCUT2D eigenvalue weighted by atomic mass is 10.1. The standard InChI is InChI=1S/C18H22N6O5S/c1-2-3-5-24-6-4-15(23-24)17(26)14-9-20-11-21-18(14)22-13-7-12(16(25)8-13)10-29-30(19,27)28/h4,6,9,11-13,16,25H,5,7-8,10H2,1H3,(H2,19,27,28)(H,20,21,22)/t12-,13-,16+/m1/s1. The summed E-state index contributed by atoms with van der Waals surface area (Å²) in [6, 6.07) is 1.35. The number of carbonyl (C=O) groups is 1. The van der Waals surface area contributed by atoms with E-state index in [1.165, 1.54) is 12.5 Å². The van der Waals surface area contributed by atoms with Crippen LogP contribution in [0.5, 0.6) is 0 Å². The van der Waals surface area contributed by atoms with Crippen LogP contribution in [-0.4, -0.2) is 57.8 Å². The number of nitrogens with two attached hydrogens (primary N) is 1. The Bertz CT molecular complexity index is 1070. The minimum atomic E-state index is -4.08. The molecular formula is C18H22N6O5S. The van der Waals surface area contributed by atoms with Gasteiger partial charge in [-0.2, -0.15) is 13.5 Å². The average molecular weight is 434 g/mol. The molecule has 3 atom stereocenters. The molecular weight excluding hydrogens is 412 g/mol. The van der Waals surface area contributed by atoms with Crippen LogP contribution in [-0.2, 0) is 21.0 Å². The van der Waals surface area contributed by atoms with Crippen LogP contribution in [0.1, 0.15) is 35.8 Å². The summed E-state index contributed by atoms with van der Waals surface area (Å²) < 4.78 is 28.1. The van der Waals surface area contributed by atoms with Crippen molar-refractivity contribution in [2.24, 2.45) is 11.1 Å². The lowest BCUT2D eigenvalue weighted by molar-refractivity contribution is 0.101. The van der Waals surface area contributed by atoms with Crippen molar-refractivity contribution in [3.63, 3.8) is 0 Å². The van der Waals surface area contributed by atoms with Gasteiger partial charge in [0.05, 0.1) is 18.3 Å². The van der Waals surface area contributed by atoms with E-state index in [2.05, 4.69) is 36.4 Å². The van der Waals surface area contributed by atoms with Crippen molar-refractivity contribution in [3.8, 4) is 11.8 Å². The lowest BCUT2D eigenvalue weighted by Crippen LogP contribution is -2.24. The molecule has 1 aliphatic carbocycles. The van der Waals surface area contributed by atoms with Crippen LogP contribution in [0.25, 0.3) is 0 Å². The monoisotopic (exact) mass is 434 g/mol. The van der Waals surface area contributed by atoms with Crippen molar-refractivity contribution in [1.29, 1.82) is 0 Å². The van der Waals surface area contributed by atoms with Crippen molar-refractivity contribution < 1.29 is 22.5 Å². The summed E-state index contributed by atoms with van der Waals surface area (Å²) >= 11 is 0. The molecule has 3 rings (SSSR count). The predicted molar refractivity (Wildman–Crippen MR) is 106 cm³/mol. The highest BCUT2D eigenvalue weighted by molar-refractivity contribution is 7.84. The number of rotatable bonds is 8. The maximum Gasteiger partial charge on any atom is 0.333 e. The first-order valence-electron chi connectivity index (χ1n) is 9.16. The summed E-state index contributed by atoms with van der Waals surface area (Å²) in [5, 5.41) is 22.4. The van der Waals surface area contributed by atoms with Crippen LogP contribution in [0.3, 0.4) is 0 Å². The number of aromatic nitrogens is 4. The fourth-order valence-corrected chi connectivity index (χ4v) is 3.62. The summed E-state index contributed by atoms with van der Waals surface area (Å²) in [4.78, 5) is 21.0. The largest absolute Gasteiger partial charge is 0.393 e. The van der Waals surface area contributed by atoms with E-state index in [1.54, 1.807) is 23.9 Å². The van der Waals surface area contributed by atoms with Gasteiger partial charge in [0, 0.05) is 24.4 Å². The summed E-state index contributed by atoms with van der Waals surface area (Å²) in [5.74, 6) is 5.17. The lowest BCUT2D eigenvalue weighted by Gasteiger charge is -2.15.